The standard InChI is InChI=1S/C17H17N5OS/c1-10-16(11(2)22-21-10)24-15-6-4-3-5-13(15)20-17(23)14-9-12(18)7-8-19-14/h3-9H,1-2H3,(H2,18,19)(H,20,23)(H,21,22). The van der Waals surface area contributed by atoms with Gasteiger partial charge in [-0.25, -0.2) is 0 Å². The molecule has 2 heterocycles. The number of benzene rings is 1. The first-order chi connectivity index (χ1) is 11.5. The molecule has 24 heavy (non-hydrogen) atoms. The van der Waals surface area contributed by atoms with Crippen molar-refractivity contribution in [2.45, 2.75) is 23.6 Å². The second kappa shape index (κ2) is 6.76. The van der Waals surface area contributed by atoms with Gasteiger partial charge in [0.15, 0.2) is 0 Å². The molecule has 6 nitrogen and oxygen atoms in total. The highest BCUT2D eigenvalue weighted by molar-refractivity contribution is 7.99. The van der Waals surface area contributed by atoms with Crippen molar-refractivity contribution in [1.29, 1.82) is 0 Å². The number of aromatic amines is 1. The molecule has 0 spiro atoms. The summed E-state index contributed by atoms with van der Waals surface area (Å²) in [6, 6.07) is 10.8. The predicted octanol–water partition coefficient (Wildman–Crippen LogP) is 3.41. The number of hydrogen-bond donors (Lipinski definition) is 3. The molecule has 0 saturated heterocycles. The summed E-state index contributed by atoms with van der Waals surface area (Å²) in [4.78, 5) is 18.4. The SMILES string of the molecule is Cc1n[nH]c(C)c1Sc1ccccc1NC(=O)c1cc(N)ccn1. The molecule has 1 amide bonds. The van der Waals surface area contributed by atoms with Gasteiger partial charge in [-0.3, -0.25) is 14.9 Å². The normalized spacial score (nSPS) is 10.6. The summed E-state index contributed by atoms with van der Waals surface area (Å²) < 4.78 is 0. The van der Waals surface area contributed by atoms with Gasteiger partial charge < -0.3 is 11.1 Å². The average molecular weight is 339 g/mol. The Labute approximate surface area is 143 Å². The van der Waals surface area contributed by atoms with E-state index in [2.05, 4.69) is 20.5 Å². The van der Waals surface area contributed by atoms with Crippen molar-refractivity contribution in [3.05, 3.63) is 59.7 Å². The number of nitrogens with one attached hydrogen (secondary N) is 2. The summed E-state index contributed by atoms with van der Waals surface area (Å²) in [5.41, 5.74) is 9.14. The lowest BCUT2D eigenvalue weighted by Gasteiger charge is -2.11. The van der Waals surface area contributed by atoms with E-state index in [0.717, 1.165) is 26.9 Å². The van der Waals surface area contributed by atoms with Crippen LogP contribution in [0.5, 0.6) is 0 Å². The largest absolute Gasteiger partial charge is 0.399 e. The van der Waals surface area contributed by atoms with E-state index in [9.17, 15) is 4.79 Å². The molecular weight excluding hydrogens is 322 g/mol. The number of nitrogen functional groups attached to an aromatic ring is 1. The molecule has 0 aliphatic heterocycles. The zero-order valence-corrected chi connectivity index (χ0v) is 14.1. The number of nitrogens with zero attached hydrogens (tertiary/aromatic N) is 2. The fourth-order valence-electron chi connectivity index (χ4n) is 2.22. The molecule has 2 aromatic heterocycles. The minimum Gasteiger partial charge on any atom is -0.399 e. The molecule has 0 bridgehead atoms. The van der Waals surface area contributed by atoms with E-state index in [-0.39, 0.29) is 11.6 Å². The van der Waals surface area contributed by atoms with Crippen LogP contribution in [0.25, 0.3) is 0 Å². The monoisotopic (exact) mass is 339 g/mol. The van der Waals surface area contributed by atoms with E-state index >= 15 is 0 Å². The van der Waals surface area contributed by atoms with Crippen molar-refractivity contribution in [3.63, 3.8) is 0 Å². The highest BCUT2D eigenvalue weighted by Gasteiger charge is 2.14. The maximum Gasteiger partial charge on any atom is 0.274 e. The lowest BCUT2D eigenvalue weighted by Crippen LogP contribution is -2.14. The first-order valence-electron chi connectivity index (χ1n) is 7.36. The van der Waals surface area contributed by atoms with E-state index in [1.165, 1.54) is 6.20 Å². The molecule has 3 rings (SSSR count). The van der Waals surface area contributed by atoms with Crippen LogP contribution in [0.1, 0.15) is 21.9 Å². The first kappa shape index (κ1) is 16.1. The number of hydrogen-bond acceptors (Lipinski definition) is 5. The molecule has 0 aliphatic rings. The van der Waals surface area contributed by atoms with Gasteiger partial charge in [-0.15, -0.1) is 0 Å². The summed E-state index contributed by atoms with van der Waals surface area (Å²) in [5.74, 6) is -0.295. The van der Waals surface area contributed by atoms with Crippen LogP contribution in [0, 0.1) is 13.8 Å². The summed E-state index contributed by atoms with van der Waals surface area (Å²) in [7, 11) is 0. The van der Waals surface area contributed by atoms with Gasteiger partial charge in [0.25, 0.3) is 5.91 Å². The first-order valence-corrected chi connectivity index (χ1v) is 8.17. The highest BCUT2D eigenvalue weighted by Crippen LogP contribution is 2.36. The van der Waals surface area contributed by atoms with Gasteiger partial charge in [-0.1, -0.05) is 23.9 Å². The third kappa shape index (κ3) is 3.41. The molecule has 1 aromatic carbocycles. The molecular formula is C17H17N5OS. The van der Waals surface area contributed by atoms with Gasteiger partial charge in [0.1, 0.15) is 5.69 Å². The van der Waals surface area contributed by atoms with Crippen LogP contribution in [0.15, 0.2) is 52.4 Å². The van der Waals surface area contributed by atoms with Crippen molar-refractivity contribution < 1.29 is 4.79 Å². The number of pyridine rings is 1. The van der Waals surface area contributed by atoms with Gasteiger partial charge in [0.2, 0.25) is 0 Å². The van der Waals surface area contributed by atoms with Crippen LogP contribution in [-0.4, -0.2) is 21.1 Å². The number of aromatic nitrogens is 3. The number of anilines is 2. The molecule has 0 aliphatic carbocycles. The van der Waals surface area contributed by atoms with Crippen molar-refractivity contribution in [1.82, 2.24) is 15.2 Å². The molecule has 122 valence electrons. The van der Waals surface area contributed by atoms with E-state index in [1.807, 2.05) is 38.1 Å². The van der Waals surface area contributed by atoms with Crippen molar-refractivity contribution in [3.8, 4) is 0 Å². The van der Waals surface area contributed by atoms with E-state index in [4.69, 9.17) is 5.73 Å². The lowest BCUT2D eigenvalue weighted by atomic mass is 10.2. The minimum absolute atomic E-state index is 0.283. The predicted molar refractivity (Wildman–Crippen MR) is 95.2 cm³/mol. The maximum absolute atomic E-state index is 12.4. The third-order valence-corrected chi connectivity index (χ3v) is 4.81. The fourth-order valence-corrected chi connectivity index (χ4v) is 3.20. The average Bonchev–Trinajstić information content (AvgIpc) is 2.88. The molecule has 0 atom stereocenters. The van der Waals surface area contributed by atoms with E-state index in [1.54, 1.807) is 23.9 Å². The lowest BCUT2D eigenvalue weighted by molar-refractivity contribution is 0.102. The second-order valence-corrected chi connectivity index (χ2v) is 6.34. The Balaban J connectivity index is 1.86. The number of aryl methyl sites for hydroxylation is 2. The zero-order chi connectivity index (χ0) is 17.1. The molecule has 0 radical (unpaired) electrons. The number of amides is 1. The Hall–Kier alpha value is -2.80. The summed E-state index contributed by atoms with van der Waals surface area (Å²) in [5, 5.41) is 10.1. The van der Waals surface area contributed by atoms with E-state index in [0.29, 0.717) is 5.69 Å². The van der Waals surface area contributed by atoms with Gasteiger partial charge in [0, 0.05) is 22.5 Å². The second-order valence-electron chi connectivity index (χ2n) is 5.29. The highest BCUT2D eigenvalue weighted by atomic mass is 32.2. The van der Waals surface area contributed by atoms with Crippen LogP contribution >= 0.6 is 11.8 Å². The molecule has 0 saturated carbocycles. The van der Waals surface area contributed by atoms with Crippen molar-refractivity contribution in [2.24, 2.45) is 0 Å². The smallest absolute Gasteiger partial charge is 0.274 e. The Kier molecular flexibility index (Phi) is 4.52. The van der Waals surface area contributed by atoms with Crippen LogP contribution in [-0.2, 0) is 0 Å². The molecule has 4 N–H and O–H groups in total. The number of carbonyl (C=O) groups is 1. The summed E-state index contributed by atoms with van der Waals surface area (Å²) in [6.45, 7) is 3.92. The Morgan fingerprint density at radius 3 is 2.75 bits per heavy atom. The van der Waals surface area contributed by atoms with Gasteiger partial charge in [-0.05, 0) is 38.1 Å². The molecule has 0 fully saturated rings. The number of carbonyl (C=O) groups excluding carboxylic acids is 1. The number of para-hydroxylation sites is 1. The quantitative estimate of drug-likeness (QED) is 0.677. The van der Waals surface area contributed by atoms with Gasteiger partial charge in [-0.2, -0.15) is 5.10 Å². The van der Waals surface area contributed by atoms with Crippen molar-refractivity contribution in [2.75, 3.05) is 11.1 Å². The van der Waals surface area contributed by atoms with Gasteiger partial charge in [0.05, 0.1) is 16.3 Å². The summed E-state index contributed by atoms with van der Waals surface area (Å²) >= 11 is 1.56. The van der Waals surface area contributed by atoms with Crippen LogP contribution in [0.4, 0.5) is 11.4 Å². The van der Waals surface area contributed by atoms with Gasteiger partial charge >= 0.3 is 0 Å². The van der Waals surface area contributed by atoms with Crippen molar-refractivity contribution >= 4 is 29.0 Å². The third-order valence-electron chi connectivity index (χ3n) is 3.42. The Bertz CT molecular complexity index is 871. The number of rotatable bonds is 4. The fraction of sp³-hybridized carbons (Fsp3) is 0.118. The summed E-state index contributed by atoms with van der Waals surface area (Å²) in [6.07, 6.45) is 1.52. The Morgan fingerprint density at radius 1 is 1.25 bits per heavy atom. The number of nitrogens with two attached hydrogens (primary N) is 1. The number of H-pyrrole nitrogens is 1. The molecule has 3 aromatic rings. The molecule has 0 unspecified atom stereocenters. The molecule has 7 heteroatoms. The van der Waals surface area contributed by atoms with E-state index < -0.39 is 0 Å². The Morgan fingerprint density at radius 2 is 2.04 bits per heavy atom. The topological polar surface area (TPSA) is 96.7 Å². The maximum atomic E-state index is 12.4. The zero-order valence-electron chi connectivity index (χ0n) is 13.3. The van der Waals surface area contributed by atoms with Crippen LogP contribution in [0.3, 0.4) is 0 Å². The van der Waals surface area contributed by atoms with Crippen LogP contribution < -0.4 is 11.1 Å². The van der Waals surface area contributed by atoms with Crippen LogP contribution in [0.2, 0.25) is 0 Å². The minimum atomic E-state index is -0.295.